The van der Waals surface area contributed by atoms with Crippen molar-refractivity contribution in [1.82, 2.24) is 4.90 Å². The van der Waals surface area contributed by atoms with E-state index in [2.05, 4.69) is 0 Å². The number of hydrogen-bond acceptors (Lipinski definition) is 2. The fourth-order valence-electron chi connectivity index (χ4n) is 2.15. The van der Waals surface area contributed by atoms with E-state index in [1.807, 2.05) is 35.2 Å². The van der Waals surface area contributed by atoms with Crippen LogP contribution >= 0.6 is 0 Å². The molecule has 0 aromatic heterocycles. The van der Waals surface area contributed by atoms with E-state index in [0.717, 1.165) is 18.3 Å². The minimum absolute atomic E-state index is 0.102. The first-order chi connectivity index (χ1) is 7.81. The topological polar surface area (TPSA) is 37.4 Å². The third-order valence-corrected chi connectivity index (χ3v) is 3.02. The molecule has 0 bridgehead atoms. The van der Waals surface area contributed by atoms with Gasteiger partial charge < -0.3 is 9.69 Å². The Morgan fingerprint density at radius 3 is 2.75 bits per heavy atom. The minimum atomic E-state index is 0.102. The molecule has 1 saturated heterocycles. The van der Waals surface area contributed by atoms with Gasteiger partial charge in [0.15, 0.2) is 0 Å². The Morgan fingerprint density at radius 1 is 1.31 bits per heavy atom. The standard InChI is InChI=1S/C13H15NO2/c15-9-8-12-6-7-13(16)14(12)10-11-4-2-1-3-5-11/h1-5,9,12H,6-8,10H2. The van der Waals surface area contributed by atoms with Gasteiger partial charge in [-0.15, -0.1) is 0 Å². The van der Waals surface area contributed by atoms with Crippen LogP contribution in [-0.2, 0) is 16.1 Å². The zero-order valence-corrected chi connectivity index (χ0v) is 9.13. The van der Waals surface area contributed by atoms with Crippen molar-refractivity contribution in [1.29, 1.82) is 0 Å². The number of carbonyl (C=O) groups is 2. The van der Waals surface area contributed by atoms with Gasteiger partial charge in [0.05, 0.1) is 0 Å². The summed E-state index contributed by atoms with van der Waals surface area (Å²) in [5.41, 5.74) is 1.12. The van der Waals surface area contributed by atoms with Crippen molar-refractivity contribution < 1.29 is 9.59 Å². The number of rotatable bonds is 4. The van der Waals surface area contributed by atoms with Crippen molar-refractivity contribution in [3.8, 4) is 0 Å². The Balaban J connectivity index is 2.07. The van der Waals surface area contributed by atoms with Crippen LogP contribution in [0.5, 0.6) is 0 Å². The summed E-state index contributed by atoms with van der Waals surface area (Å²) in [5, 5.41) is 0. The second-order valence-corrected chi connectivity index (χ2v) is 4.10. The first kappa shape index (κ1) is 10.9. The predicted octanol–water partition coefficient (Wildman–Crippen LogP) is 1.77. The number of benzene rings is 1. The highest BCUT2D eigenvalue weighted by molar-refractivity contribution is 5.79. The van der Waals surface area contributed by atoms with Gasteiger partial charge in [0.2, 0.25) is 5.91 Å². The average Bonchev–Trinajstić information content (AvgIpc) is 2.64. The number of likely N-dealkylation sites (tertiary alicyclic amines) is 1. The van der Waals surface area contributed by atoms with E-state index in [4.69, 9.17) is 0 Å². The Labute approximate surface area is 95.1 Å². The van der Waals surface area contributed by atoms with Crippen LogP contribution in [0.1, 0.15) is 24.8 Å². The summed E-state index contributed by atoms with van der Waals surface area (Å²) >= 11 is 0. The van der Waals surface area contributed by atoms with Gasteiger partial charge in [-0.05, 0) is 12.0 Å². The Bertz CT molecular complexity index is 375. The molecule has 1 fully saturated rings. The lowest BCUT2D eigenvalue weighted by Crippen LogP contribution is -2.32. The van der Waals surface area contributed by atoms with E-state index in [1.54, 1.807) is 0 Å². The number of hydrogen-bond donors (Lipinski definition) is 0. The van der Waals surface area contributed by atoms with E-state index in [-0.39, 0.29) is 11.9 Å². The smallest absolute Gasteiger partial charge is 0.223 e. The number of carbonyl (C=O) groups excluding carboxylic acids is 2. The predicted molar refractivity (Wildman–Crippen MR) is 60.7 cm³/mol. The number of nitrogens with zero attached hydrogens (tertiary/aromatic N) is 1. The van der Waals surface area contributed by atoms with Gasteiger partial charge >= 0.3 is 0 Å². The van der Waals surface area contributed by atoms with Crippen molar-refractivity contribution in [3.05, 3.63) is 35.9 Å². The molecule has 16 heavy (non-hydrogen) atoms. The van der Waals surface area contributed by atoms with Gasteiger partial charge in [0, 0.05) is 25.4 Å². The minimum Gasteiger partial charge on any atom is -0.335 e. The fourth-order valence-corrected chi connectivity index (χ4v) is 2.15. The molecule has 1 amide bonds. The molecule has 1 heterocycles. The molecule has 2 rings (SSSR count). The van der Waals surface area contributed by atoms with Crippen molar-refractivity contribution in [2.24, 2.45) is 0 Å². The molecule has 1 aromatic carbocycles. The molecule has 3 heteroatoms. The van der Waals surface area contributed by atoms with Crippen LogP contribution in [0, 0.1) is 0 Å². The van der Waals surface area contributed by atoms with Crippen molar-refractivity contribution in [3.63, 3.8) is 0 Å². The van der Waals surface area contributed by atoms with Crippen molar-refractivity contribution in [2.45, 2.75) is 31.8 Å². The van der Waals surface area contributed by atoms with Crippen LogP contribution < -0.4 is 0 Å². The van der Waals surface area contributed by atoms with Gasteiger partial charge in [-0.1, -0.05) is 30.3 Å². The molecule has 3 nitrogen and oxygen atoms in total. The summed E-state index contributed by atoms with van der Waals surface area (Å²) in [5.74, 6) is 0.163. The maximum absolute atomic E-state index is 11.7. The molecule has 0 radical (unpaired) electrons. The molecule has 1 aliphatic heterocycles. The molecule has 0 aliphatic carbocycles. The van der Waals surface area contributed by atoms with Crippen LogP contribution in [0.15, 0.2) is 30.3 Å². The highest BCUT2D eigenvalue weighted by Crippen LogP contribution is 2.22. The van der Waals surface area contributed by atoms with Crippen LogP contribution in [0.4, 0.5) is 0 Å². The summed E-state index contributed by atoms with van der Waals surface area (Å²) in [6.45, 7) is 0.623. The molecule has 84 valence electrons. The largest absolute Gasteiger partial charge is 0.335 e. The summed E-state index contributed by atoms with van der Waals surface area (Å²) in [6, 6.07) is 9.99. The summed E-state index contributed by atoms with van der Waals surface area (Å²) in [6.07, 6.45) is 2.75. The van der Waals surface area contributed by atoms with Crippen LogP contribution in [0.3, 0.4) is 0 Å². The van der Waals surface area contributed by atoms with E-state index >= 15 is 0 Å². The summed E-state index contributed by atoms with van der Waals surface area (Å²) in [4.78, 5) is 24.0. The maximum Gasteiger partial charge on any atom is 0.223 e. The number of amides is 1. The fraction of sp³-hybridized carbons (Fsp3) is 0.385. The molecule has 1 unspecified atom stereocenters. The first-order valence-corrected chi connectivity index (χ1v) is 5.58. The van der Waals surface area contributed by atoms with E-state index in [1.165, 1.54) is 0 Å². The lowest BCUT2D eigenvalue weighted by molar-refractivity contribution is -0.129. The van der Waals surface area contributed by atoms with Crippen molar-refractivity contribution in [2.75, 3.05) is 0 Å². The molecule has 1 aliphatic rings. The molecule has 0 spiro atoms. The lowest BCUT2D eigenvalue weighted by atomic mass is 10.1. The molecule has 1 atom stereocenters. The quantitative estimate of drug-likeness (QED) is 0.721. The van der Waals surface area contributed by atoms with Crippen LogP contribution in [-0.4, -0.2) is 23.1 Å². The molecular weight excluding hydrogens is 202 g/mol. The third kappa shape index (κ3) is 2.30. The van der Waals surface area contributed by atoms with E-state index in [9.17, 15) is 9.59 Å². The van der Waals surface area contributed by atoms with E-state index in [0.29, 0.717) is 19.4 Å². The average molecular weight is 217 g/mol. The Morgan fingerprint density at radius 2 is 2.06 bits per heavy atom. The zero-order chi connectivity index (χ0) is 11.4. The lowest BCUT2D eigenvalue weighted by Gasteiger charge is -2.23. The van der Waals surface area contributed by atoms with Crippen molar-refractivity contribution >= 4 is 12.2 Å². The highest BCUT2D eigenvalue weighted by atomic mass is 16.2. The highest BCUT2D eigenvalue weighted by Gasteiger charge is 2.30. The second-order valence-electron chi connectivity index (χ2n) is 4.10. The summed E-state index contributed by atoms with van der Waals surface area (Å²) in [7, 11) is 0. The van der Waals surface area contributed by atoms with Gasteiger partial charge in [-0.3, -0.25) is 4.79 Å². The normalized spacial score (nSPS) is 20.1. The molecule has 0 N–H and O–H groups in total. The molecule has 0 saturated carbocycles. The van der Waals surface area contributed by atoms with Gasteiger partial charge in [0.1, 0.15) is 6.29 Å². The zero-order valence-electron chi connectivity index (χ0n) is 9.13. The molecule has 1 aromatic rings. The van der Waals surface area contributed by atoms with Crippen LogP contribution in [0.25, 0.3) is 0 Å². The first-order valence-electron chi connectivity index (χ1n) is 5.58. The summed E-state index contributed by atoms with van der Waals surface area (Å²) < 4.78 is 0. The number of aldehydes is 1. The van der Waals surface area contributed by atoms with Gasteiger partial charge in [-0.25, -0.2) is 0 Å². The third-order valence-electron chi connectivity index (χ3n) is 3.02. The van der Waals surface area contributed by atoms with Crippen LogP contribution in [0.2, 0.25) is 0 Å². The monoisotopic (exact) mass is 217 g/mol. The van der Waals surface area contributed by atoms with E-state index < -0.39 is 0 Å². The molecular formula is C13H15NO2. The maximum atomic E-state index is 11.7. The van der Waals surface area contributed by atoms with Gasteiger partial charge in [0.25, 0.3) is 0 Å². The Hall–Kier alpha value is -1.64. The Kier molecular flexibility index (Phi) is 3.34. The van der Waals surface area contributed by atoms with Gasteiger partial charge in [-0.2, -0.15) is 0 Å². The second kappa shape index (κ2) is 4.92. The SMILES string of the molecule is O=CCC1CCC(=O)N1Cc1ccccc1.